The van der Waals surface area contributed by atoms with Crippen molar-refractivity contribution in [1.82, 2.24) is 5.32 Å². The molecule has 0 unspecified atom stereocenters. The highest BCUT2D eigenvalue weighted by Gasteiger charge is 2.04. The number of hydrogen-bond acceptors (Lipinski definition) is 2. The lowest BCUT2D eigenvalue weighted by atomic mass is 10.1. The van der Waals surface area contributed by atoms with Crippen LogP contribution in [0.25, 0.3) is 0 Å². The minimum absolute atomic E-state index is 0.0534. The van der Waals surface area contributed by atoms with Gasteiger partial charge in [-0.1, -0.05) is 51.9 Å². The average molecular weight is 318 g/mol. The van der Waals surface area contributed by atoms with E-state index < -0.39 is 0 Å². The summed E-state index contributed by atoms with van der Waals surface area (Å²) in [4.78, 5) is 22.9. The fraction of sp³-hybridized carbons (Fsp3) is 0.579. The zero-order valence-electron chi connectivity index (χ0n) is 14.5. The van der Waals surface area contributed by atoms with E-state index in [9.17, 15) is 9.59 Å². The summed E-state index contributed by atoms with van der Waals surface area (Å²) in [5.74, 6) is -0.167. The van der Waals surface area contributed by atoms with Gasteiger partial charge in [-0.15, -0.1) is 0 Å². The maximum atomic E-state index is 12.0. The Hall–Kier alpha value is -1.84. The first-order valence-electron chi connectivity index (χ1n) is 8.79. The highest BCUT2D eigenvalue weighted by Crippen LogP contribution is 2.10. The highest BCUT2D eigenvalue weighted by atomic mass is 16.2. The molecule has 4 nitrogen and oxygen atoms in total. The Morgan fingerprint density at radius 1 is 0.870 bits per heavy atom. The van der Waals surface area contributed by atoms with Crippen LogP contribution in [0.1, 0.15) is 75.6 Å². The normalized spacial score (nSPS) is 10.3. The molecular weight excluding hydrogens is 288 g/mol. The molecule has 1 aromatic rings. The third kappa shape index (κ3) is 9.01. The third-order valence-corrected chi connectivity index (χ3v) is 3.78. The second-order valence-electron chi connectivity index (χ2n) is 5.99. The van der Waals surface area contributed by atoms with Crippen LogP contribution in [0.2, 0.25) is 0 Å². The smallest absolute Gasteiger partial charge is 0.251 e. The fourth-order valence-corrected chi connectivity index (χ4v) is 2.47. The van der Waals surface area contributed by atoms with Crippen molar-refractivity contribution in [3.8, 4) is 0 Å². The summed E-state index contributed by atoms with van der Waals surface area (Å²) in [5, 5.41) is 5.63. The summed E-state index contributed by atoms with van der Waals surface area (Å²) in [7, 11) is 0. The van der Waals surface area contributed by atoms with E-state index in [1.165, 1.54) is 51.9 Å². The number of nitrogens with one attached hydrogen (secondary N) is 2. The average Bonchev–Trinajstić information content (AvgIpc) is 2.53. The van der Waals surface area contributed by atoms with E-state index >= 15 is 0 Å². The van der Waals surface area contributed by atoms with Crippen LogP contribution < -0.4 is 10.6 Å². The first-order chi connectivity index (χ1) is 11.1. The summed E-state index contributed by atoms with van der Waals surface area (Å²) in [6.45, 7) is 4.42. The molecule has 0 fully saturated rings. The minimum Gasteiger partial charge on any atom is -0.352 e. The Morgan fingerprint density at radius 2 is 1.43 bits per heavy atom. The molecule has 0 bridgehead atoms. The van der Waals surface area contributed by atoms with E-state index in [0.29, 0.717) is 11.3 Å². The zero-order chi connectivity index (χ0) is 16.9. The lowest BCUT2D eigenvalue weighted by Gasteiger charge is -2.07. The molecule has 0 aliphatic carbocycles. The number of carbonyl (C=O) groups excluding carboxylic acids is 2. The van der Waals surface area contributed by atoms with Gasteiger partial charge in [-0.05, 0) is 30.7 Å². The molecule has 2 N–H and O–H groups in total. The molecule has 1 aromatic carbocycles. The van der Waals surface area contributed by atoms with Crippen LogP contribution in [0, 0.1) is 0 Å². The molecule has 4 heteroatoms. The quantitative estimate of drug-likeness (QED) is 0.590. The van der Waals surface area contributed by atoms with Crippen molar-refractivity contribution in [2.24, 2.45) is 0 Å². The first-order valence-corrected chi connectivity index (χ1v) is 8.79. The Bertz CT molecular complexity index is 469. The Morgan fingerprint density at radius 3 is 2.00 bits per heavy atom. The summed E-state index contributed by atoms with van der Waals surface area (Å²) in [6, 6.07) is 6.95. The van der Waals surface area contributed by atoms with Gasteiger partial charge in [0.25, 0.3) is 5.91 Å². The first kappa shape index (κ1) is 19.2. The Balaban J connectivity index is 2.13. The van der Waals surface area contributed by atoms with E-state index in [1.807, 2.05) is 0 Å². The van der Waals surface area contributed by atoms with E-state index in [2.05, 4.69) is 17.6 Å². The molecule has 0 radical (unpaired) electrons. The van der Waals surface area contributed by atoms with Gasteiger partial charge in [-0.3, -0.25) is 9.59 Å². The van der Waals surface area contributed by atoms with Crippen molar-refractivity contribution < 1.29 is 9.59 Å². The number of carbonyl (C=O) groups is 2. The number of unbranched alkanes of at least 4 members (excludes halogenated alkanes) is 7. The maximum Gasteiger partial charge on any atom is 0.251 e. The number of hydrogen-bond donors (Lipinski definition) is 2. The summed E-state index contributed by atoms with van der Waals surface area (Å²) in [5.41, 5.74) is 1.33. The van der Waals surface area contributed by atoms with Crippen LogP contribution in [-0.4, -0.2) is 18.4 Å². The van der Waals surface area contributed by atoms with Crippen molar-refractivity contribution in [1.29, 1.82) is 0 Å². The predicted octanol–water partition coefficient (Wildman–Crippen LogP) is 4.52. The molecule has 1 rings (SSSR count). The molecule has 0 spiro atoms. The summed E-state index contributed by atoms with van der Waals surface area (Å²) < 4.78 is 0. The van der Waals surface area contributed by atoms with Gasteiger partial charge in [0.2, 0.25) is 5.91 Å². The molecule has 0 saturated carbocycles. The van der Waals surface area contributed by atoms with Crippen molar-refractivity contribution in [3.63, 3.8) is 0 Å². The second kappa shape index (κ2) is 11.7. The summed E-state index contributed by atoms with van der Waals surface area (Å²) >= 11 is 0. The molecule has 2 amide bonds. The van der Waals surface area contributed by atoms with Gasteiger partial charge in [-0.2, -0.15) is 0 Å². The number of rotatable bonds is 11. The van der Waals surface area contributed by atoms with Gasteiger partial charge in [0.15, 0.2) is 0 Å². The standard InChI is InChI=1S/C19H30N2O2/c1-3-4-5-6-7-8-9-10-15-20-19(23)17-11-13-18(14-12-17)21-16(2)22/h11-14H,3-10,15H2,1-2H3,(H,20,23)(H,21,22). The minimum atomic E-state index is -0.114. The second-order valence-corrected chi connectivity index (χ2v) is 5.99. The van der Waals surface area contributed by atoms with E-state index in [0.717, 1.165) is 13.0 Å². The van der Waals surface area contributed by atoms with Crippen LogP contribution in [0.3, 0.4) is 0 Å². The number of amides is 2. The van der Waals surface area contributed by atoms with Gasteiger partial charge >= 0.3 is 0 Å². The summed E-state index contributed by atoms with van der Waals surface area (Å²) in [6.07, 6.45) is 10.1. The fourth-order valence-electron chi connectivity index (χ4n) is 2.47. The van der Waals surface area contributed by atoms with E-state index in [-0.39, 0.29) is 11.8 Å². The Labute approximate surface area is 140 Å². The molecular formula is C19H30N2O2. The molecule has 128 valence electrons. The molecule has 0 heterocycles. The number of anilines is 1. The van der Waals surface area contributed by atoms with E-state index in [1.54, 1.807) is 24.3 Å². The lowest BCUT2D eigenvalue weighted by molar-refractivity contribution is -0.114. The largest absolute Gasteiger partial charge is 0.352 e. The molecule has 23 heavy (non-hydrogen) atoms. The number of benzene rings is 1. The topological polar surface area (TPSA) is 58.2 Å². The van der Waals surface area contributed by atoms with Crippen molar-refractivity contribution >= 4 is 17.5 Å². The highest BCUT2D eigenvalue weighted by molar-refractivity contribution is 5.95. The van der Waals surface area contributed by atoms with Crippen molar-refractivity contribution in [2.45, 2.75) is 65.2 Å². The van der Waals surface area contributed by atoms with Crippen molar-refractivity contribution in [2.75, 3.05) is 11.9 Å². The van der Waals surface area contributed by atoms with Crippen LogP contribution in [0.5, 0.6) is 0 Å². The van der Waals surface area contributed by atoms with Gasteiger partial charge in [0, 0.05) is 24.7 Å². The van der Waals surface area contributed by atoms with Gasteiger partial charge < -0.3 is 10.6 Å². The van der Waals surface area contributed by atoms with Crippen LogP contribution in [0.15, 0.2) is 24.3 Å². The van der Waals surface area contributed by atoms with Crippen LogP contribution in [-0.2, 0) is 4.79 Å². The van der Waals surface area contributed by atoms with E-state index in [4.69, 9.17) is 0 Å². The monoisotopic (exact) mass is 318 g/mol. The Kier molecular flexibility index (Phi) is 9.76. The maximum absolute atomic E-state index is 12.0. The van der Waals surface area contributed by atoms with Gasteiger partial charge in [0.1, 0.15) is 0 Å². The van der Waals surface area contributed by atoms with Gasteiger partial charge in [0.05, 0.1) is 0 Å². The molecule has 0 saturated heterocycles. The van der Waals surface area contributed by atoms with Crippen LogP contribution in [0.4, 0.5) is 5.69 Å². The van der Waals surface area contributed by atoms with Crippen LogP contribution >= 0.6 is 0 Å². The molecule has 0 aliphatic heterocycles. The molecule has 0 aliphatic rings. The SMILES string of the molecule is CCCCCCCCCCNC(=O)c1ccc(NC(C)=O)cc1. The molecule has 0 aromatic heterocycles. The zero-order valence-corrected chi connectivity index (χ0v) is 14.5. The predicted molar refractivity (Wildman–Crippen MR) is 95.7 cm³/mol. The third-order valence-electron chi connectivity index (χ3n) is 3.78. The van der Waals surface area contributed by atoms with Gasteiger partial charge in [-0.25, -0.2) is 0 Å². The van der Waals surface area contributed by atoms with Crippen molar-refractivity contribution in [3.05, 3.63) is 29.8 Å². The molecule has 0 atom stereocenters. The lowest BCUT2D eigenvalue weighted by Crippen LogP contribution is -2.24.